The molecule has 2 N–H and O–H groups in total. The summed E-state index contributed by atoms with van der Waals surface area (Å²) in [5.41, 5.74) is 5.29. The van der Waals surface area contributed by atoms with E-state index in [1.165, 1.54) is 7.05 Å². The fraction of sp³-hybridized carbons (Fsp3) is 0.400. The van der Waals surface area contributed by atoms with Crippen molar-refractivity contribution in [1.29, 1.82) is 0 Å². The first kappa shape index (κ1) is 13.2. The van der Waals surface area contributed by atoms with Crippen LogP contribution in [-0.2, 0) is 10.2 Å². The second kappa shape index (κ2) is 4.45. The Morgan fingerprint density at radius 2 is 2.11 bits per heavy atom. The van der Waals surface area contributed by atoms with Gasteiger partial charge in [-0.15, -0.1) is 0 Å². The van der Waals surface area contributed by atoms with Crippen LogP contribution in [0.2, 0.25) is 0 Å². The molecule has 1 aromatic carbocycles. The van der Waals surface area contributed by atoms with Crippen molar-refractivity contribution in [2.75, 3.05) is 24.4 Å². The number of anilines is 1. The number of hydrogen-bond acceptors (Lipinski definition) is 3. The third kappa shape index (κ3) is 1.96. The Hall–Kier alpha value is -1.25. The van der Waals surface area contributed by atoms with E-state index in [0.29, 0.717) is 6.07 Å². The highest BCUT2D eigenvalue weighted by Crippen LogP contribution is 2.29. The summed E-state index contributed by atoms with van der Waals surface area (Å²) in [7, 11) is -2.41. The van der Waals surface area contributed by atoms with Gasteiger partial charge in [0, 0.05) is 19.7 Å². The Morgan fingerprint density at radius 3 is 2.61 bits per heavy atom. The van der Waals surface area contributed by atoms with E-state index in [9.17, 15) is 17.2 Å². The molecule has 18 heavy (non-hydrogen) atoms. The maximum Gasteiger partial charge on any atom is 0.304 e. The smallest absolute Gasteiger partial charge is 0.304 e. The number of halogens is 2. The summed E-state index contributed by atoms with van der Waals surface area (Å²) in [6, 6.07) is 2.36. The van der Waals surface area contributed by atoms with E-state index in [1.54, 1.807) is 0 Å². The van der Waals surface area contributed by atoms with Gasteiger partial charge in [0.15, 0.2) is 0 Å². The van der Waals surface area contributed by atoms with Crippen molar-refractivity contribution in [3.63, 3.8) is 0 Å². The van der Waals surface area contributed by atoms with Crippen LogP contribution in [0.3, 0.4) is 0 Å². The third-order valence-electron chi connectivity index (χ3n) is 2.98. The molecule has 1 atom stereocenters. The molecule has 0 saturated carbocycles. The van der Waals surface area contributed by atoms with Gasteiger partial charge in [-0.05, 0) is 12.1 Å². The van der Waals surface area contributed by atoms with Gasteiger partial charge >= 0.3 is 10.2 Å². The fourth-order valence-electron chi connectivity index (χ4n) is 1.87. The van der Waals surface area contributed by atoms with Crippen LogP contribution >= 0.6 is 0 Å². The molecule has 8 heteroatoms. The molecule has 0 radical (unpaired) electrons. The number of nitrogens with two attached hydrogens (primary N) is 1. The van der Waals surface area contributed by atoms with E-state index in [1.807, 2.05) is 0 Å². The van der Waals surface area contributed by atoms with Gasteiger partial charge in [-0.3, -0.25) is 4.31 Å². The van der Waals surface area contributed by atoms with E-state index >= 15 is 0 Å². The SMILES string of the molecule is CN1C(CN)CN(c2ccc(F)cc2F)S1(=O)=O. The van der Waals surface area contributed by atoms with Crippen molar-refractivity contribution in [2.24, 2.45) is 5.73 Å². The van der Waals surface area contributed by atoms with E-state index in [4.69, 9.17) is 5.73 Å². The van der Waals surface area contributed by atoms with Gasteiger partial charge in [0.25, 0.3) is 0 Å². The van der Waals surface area contributed by atoms with Gasteiger partial charge in [-0.2, -0.15) is 12.7 Å². The maximum absolute atomic E-state index is 13.6. The van der Waals surface area contributed by atoms with Gasteiger partial charge < -0.3 is 5.73 Å². The van der Waals surface area contributed by atoms with Crippen LogP contribution in [0.15, 0.2) is 18.2 Å². The molecule has 1 heterocycles. The zero-order valence-electron chi connectivity index (χ0n) is 9.68. The average Bonchev–Trinajstić information content (AvgIpc) is 2.52. The minimum Gasteiger partial charge on any atom is -0.329 e. The molecule has 0 spiro atoms. The van der Waals surface area contributed by atoms with Gasteiger partial charge in [0.1, 0.15) is 11.6 Å². The molecule has 0 aliphatic carbocycles. The van der Waals surface area contributed by atoms with Gasteiger partial charge in [0.2, 0.25) is 0 Å². The summed E-state index contributed by atoms with van der Waals surface area (Å²) < 4.78 is 52.5. The Labute approximate surface area is 104 Å². The molecule has 0 amide bonds. The summed E-state index contributed by atoms with van der Waals surface area (Å²) >= 11 is 0. The largest absolute Gasteiger partial charge is 0.329 e. The highest BCUT2D eigenvalue weighted by Gasteiger charge is 2.41. The number of rotatable bonds is 2. The van der Waals surface area contributed by atoms with Crippen LogP contribution in [0.25, 0.3) is 0 Å². The molecule has 0 bridgehead atoms. The lowest BCUT2D eigenvalue weighted by molar-refractivity contribution is 0.417. The fourth-order valence-corrected chi connectivity index (χ4v) is 3.47. The van der Waals surface area contributed by atoms with Crippen molar-refractivity contribution in [2.45, 2.75) is 6.04 Å². The van der Waals surface area contributed by atoms with Crippen molar-refractivity contribution < 1.29 is 17.2 Å². The Bertz CT molecular complexity index is 564. The summed E-state index contributed by atoms with van der Waals surface area (Å²) in [6.45, 7) is 0.187. The summed E-state index contributed by atoms with van der Waals surface area (Å²) in [5, 5.41) is 0. The minimum atomic E-state index is -3.79. The predicted molar refractivity (Wildman–Crippen MR) is 63.2 cm³/mol. The molecule has 100 valence electrons. The zero-order chi connectivity index (χ0) is 13.5. The third-order valence-corrected chi connectivity index (χ3v) is 4.91. The second-order valence-electron chi connectivity index (χ2n) is 4.04. The highest BCUT2D eigenvalue weighted by molar-refractivity contribution is 7.90. The first-order valence-corrected chi connectivity index (χ1v) is 6.68. The molecular formula is C10H13F2N3O2S. The monoisotopic (exact) mass is 277 g/mol. The van der Waals surface area contributed by atoms with Crippen LogP contribution in [-0.4, -0.2) is 38.9 Å². The van der Waals surface area contributed by atoms with Crippen LogP contribution in [0.5, 0.6) is 0 Å². The van der Waals surface area contributed by atoms with E-state index < -0.39 is 27.9 Å². The van der Waals surface area contributed by atoms with Gasteiger partial charge in [0.05, 0.1) is 18.3 Å². The molecule has 1 aromatic rings. The van der Waals surface area contributed by atoms with E-state index in [0.717, 1.165) is 20.7 Å². The second-order valence-corrected chi connectivity index (χ2v) is 5.95. The van der Waals surface area contributed by atoms with Crippen molar-refractivity contribution in [3.8, 4) is 0 Å². The van der Waals surface area contributed by atoms with Crippen LogP contribution in [0.4, 0.5) is 14.5 Å². The molecular weight excluding hydrogens is 264 g/mol. The number of likely N-dealkylation sites (N-methyl/N-ethyl adjacent to an activating group) is 1. The maximum atomic E-state index is 13.6. The van der Waals surface area contributed by atoms with Crippen LogP contribution in [0, 0.1) is 11.6 Å². The Morgan fingerprint density at radius 1 is 1.44 bits per heavy atom. The lowest BCUT2D eigenvalue weighted by Gasteiger charge is -2.18. The summed E-state index contributed by atoms with van der Waals surface area (Å²) in [5.74, 6) is -1.67. The lowest BCUT2D eigenvalue weighted by Crippen LogP contribution is -2.36. The minimum absolute atomic E-state index is 0.0535. The van der Waals surface area contributed by atoms with Gasteiger partial charge in [-0.1, -0.05) is 0 Å². The normalized spacial score (nSPS) is 23.6. The first-order valence-electron chi connectivity index (χ1n) is 5.28. The molecule has 5 nitrogen and oxygen atoms in total. The lowest BCUT2D eigenvalue weighted by atomic mass is 10.2. The molecule has 2 rings (SSSR count). The average molecular weight is 277 g/mol. The molecule has 0 aromatic heterocycles. The van der Waals surface area contributed by atoms with E-state index in [2.05, 4.69) is 0 Å². The number of nitrogens with zero attached hydrogens (tertiary/aromatic N) is 2. The number of benzene rings is 1. The van der Waals surface area contributed by atoms with Crippen molar-refractivity contribution >= 4 is 15.9 Å². The first-order chi connectivity index (χ1) is 8.37. The van der Waals surface area contributed by atoms with E-state index in [-0.39, 0.29) is 18.8 Å². The zero-order valence-corrected chi connectivity index (χ0v) is 10.5. The molecule has 1 fully saturated rings. The Kier molecular flexibility index (Phi) is 3.26. The molecule has 1 saturated heterocycles. The van der Waals surface area contributed by atoms with Crippen molar-refractivity contribution in [3.05, 3.63) is 29.8 Å². The molecule has 1 aliphatic heterocycles. The predicted octanol–water partition coefficient (Wildman–Crippen LogP) is 0.289. The summed E-state index contributed by atoms with van der Waals surface area (Å²) in [4.78, 5) is 0. The molecule has 1 unspecified atom stereocenters. The van der Waals surface area contributed by atoms with Crippen molar-refractivity contribution in [1.82, 2.24) is 4.31 Å². The topological polar surface area (TPSA) is 66.6 Å². The standard InChI is InChI=1S/C10H13F2N3O2S/c1-14-8(5-13)6-15(18(14,16)17)10-3-2-7(11)4-9(10)12/h2-4,8H,5-6,13H2,1H3. The van der Waals surface area contributed by atoms with Crippen LogP contribution < -0.4 is 10.0 Å². The highest BCUT2D eigenvalue weighted by atomic mass is 32.2. The summed E-state index contributed by atoms with van der Waals surface area (Å²) in [6.07, 6.45) is 0. The van der Waals surface area contributed by atoms with Crippen LogP contribution in [0.1, 0.15) is 0 Å². The molecule has 1 aliphatic rings. The Balaban J connectivity index is 2.45. The number of hydrogen-bond donors (Lipinski definition) is 1. The quantitative estimate of drug-likeness (QED) is 0.845. The van der Waals surface area contributed by atoms with Gasteiger partial charge in [-0.25, -0.2) is 8.78 Å².